The Morgan fingerprint density at radius 3 is 2.83 bits per heavy atom. The van der Waals surface area contributed by atoms with E-state index in [0.29, 0.717) is 5.56 Å². The zero-order chi connectivity index (χ0) is 13.0. The van der Waals surface area contributed by atoms with Crippen LogP contribution in [0.3, 0.4) is 0 Å². The first-order valence-corrected chi connectivity index (χ1v) is 6.65. The molecule has 0 aromatic carbocycles. The molecule has 1 aliphatic carbocycles. The number of nitrogens with one attached hydrogen (secondary N) is 2. The molecule has 1 fully saturated rings. The van der Waals surface area contributed by atoms with Gasteiger partial charge >= 0.3 is 0 Å². The average molecular weight is 247 g/mol. The van der Waals surface area contributed by atoms with E-state index in [0.717, 1.165) is 25.1 Å². The molecule has 0 unspecified atom stereocenters. The molecule has 1 amide bonds. The minimum absolute atomic E-state index is 0.0246. The van der Waals surface area contributed by atoms with Crippen molar-refractivity contribution < 1.29 is 4.79 Å². The highest BCUT2D eigenvalue weighted by atomic mass is 16.1. The van der Waals surface area contributed by atoms with Crippen LogP contribution >= 0.6 is 0 Å². The molecule has 1 aromatic rings. The molecule has 0 radical (unpaired) electrons. The van der Waals surface area contributed by atoms with Crippen LogP contribution < -0.4 is 10.6 Å². The second-order valence-electron chi connectivity index (χ2n) is 5.17. The predicted molar refractivity (Wildman–Crippen MR) is 72.7 cm³/mol. The van der Waals surface area contributed by atoms with Gasteiger partial charge in [-0.3, -0.25) is 9.78 Å². The van der Waals surface area contributed by atoms with Gasteiger partial charge in [-0.25, -0.2) is 0 Å². The number of pyridine rings is 1. The Labute approximate surface area is 108 Å². The zero-order valence-electron chi connectivity index (χ0n) is 11.1. The lowest BCUT2D eigenvalue weighted by Gasteiger charge is -2.25. The third-order valence-electron chi connectivity index (χ3n) is 3.56. The van der Waals surface area contributed by atoms with Gasteiger partial charge in [-0.1, -0.05) is 12.8 Å². The highest BCUT2D eigenvalue weighted by Gasteiger charge is 2.30. The number of hydrogen-bond acceptors (Lipinski definition) is 3. The van der Waals surface area contributed by atoms with Gasteiger partial charge in [0.05, 0.1) is 11.3 Å². The van der Waals surface area contributed by atoms with Gasteiger partial charge in [0.1, 0.15) is 0 Å². The second kappa shape index (κ2) is 5.38. The molecule has 1 aromatic heterocycles. The van der Waals surface area contributed by atoms with Crippen molar-refractivity contribution in [2.24, 2.45) is 0 Å². The summed E-state index contributed by atoms with van der Waals surface area (Å²) in [6, 6.07) is 1.84. The van der Waals surface area contributed by atoms with E-state index in [1.807, 2.05) is 13.0 Å². The number of anilines is 1. The van der Waals surface area contributed by atoms with Crippen LogP contribution in [0, 0.1) is 0 Å². The van der Waals surface area contributed by atoms with Crippen molar-refractivity contribution >= 4 is 11.6 Å². The zero-order valence-corrected chi connectivity index (χ0v) is 11.1. The highest BCUT2D eigenvalue weighted by molar-refractivity contribution is 5.99. The largest absolute Gasteiger partial charge is 0.385 e. The summed E-state index contributed by atoms with van der Waals surface area (Å²) in [6.07, 6.45) is 7.86. The number of nitrogens with zero attached hydrogens (tertiary/aromatic N) is 1. The summed E-state index contributed by atoms with van der Waals surface area (Å²) in [5, 5.41) is 6.35. The van der Waals surface area contributed by atoms with E-state index in [9.17, 15) is 4.79 Å². The van der Waals surface area contributed by atoms with Gasteiger partial charge in [0.25, 0.3) is 5.91 Å². The summed E-state index contributed by atoms with van der Waals surface area (Å²) in [4.78, 5) is 16.4. The SMILES string of the molecule is CCNc1ccncc1C(=O)NC1(C)CCCC1. The molecule has 2 N–H and O–H groups in total. The smallest absolute Gasteiger partial charge is 0.255 e. The molecule has 4 heteroatoms. The number of carbonyl (C=O) groups is 1. The minimum Gasteiger partial charge on any atom is -0.385 e. The quantitative estimate of drug-likeness (QED) is 0.859. The van der Waals surface area contributed by atoms with Crippen molar-refractivity contribution in [3.63, 3.8) is 0 Å². The monoisotopic (exact) mass is 247 g/mol. The predicted octanol–water partition coefficient (Wildman–Crippen LogP) is 2.58. The van der Waals surface area contributed by atoms with Gasteiger partial charge in [0.15, 0.2) is 0 Å². The summed E-state index contributed by atoms with van der Waals surface area (Å²) in [6.45, 7) is 4.93. The Bertz CT molecular complexity index is 425. The fourth-order valence-electron chi connectivity index (χ4n) is 2.54. The van der Waals surface area contributed by atoms with E-state index in [2.05, 4.69) is 22.5 Å². The Balaban J connectivity index is 2.13. The summed E-state index contributed by atoms with van der Waals surface area (Å²) in [5.74, 6) is -0.0246. The standard InChI is InChI=1S/C14H21N3O/c1-3-16-12-6-9-15-10-11(12)13(18)17-14(2)7-4-5-8-14/h6,9-10H,3-5,7-8H2,1-2H3,(H,15,16)(H,17,18). The molecule has 0 bridgehead atoms. The Morgan fingerprint density at radius 2 is 2.17 bits per heavy atom. The molecule has 1 saturated carbocycles. The topological polar surface area (TPSA) is 54.0 Å². The van der Waals surface area contributed by atoms with E-state index >= 15 is 0 Å². The van der Waals surface area contributed by atoms with Gasteiger partial charge in [-0.15, -0.1) is 0 Å². The van der Waals surface area contributed by atoms with Gasteiger partial charge in [-0.05, 0) is 32.8 Å². The molecule has 0 aliphatic heterocycles. The maximum atomic E-state index is 12.3. The van der Waals surface area contributed by atoms with Crippen LogP contribution in [0.1, 0.15) is 49.9 Å². The second-order valence-corrected chi connectivity index (χ2v) is 5.17. The van der Waals surface area contributed by atoms with Crippen LogP contribution in [0.25, 0.3) is 0 Å². The normalized spacial score (nSPS) is 17.4. The minimum atomic E-state index is -0.0452. The fourth-order valence-corrected chi connectivity index (χ4v) is 2.54. The molecular weight excluding hydrogens is 226 g/mol. The maximum absolute atomic E-state index is 12.3. The van der Waals surface area contributed by atoms with Crippen LogP contribution in [-0.4, -0.2) is 23.0 Å². The molecular formula is C14H21N3O. The average Bonchev–Trinajstić information content (AvgIpc) is 2.77. The molecule has 18 heavy (non-hydrogen) atoms. The van der Waals surface area contributed by atoms with Crippen molar-refractivity contribution in [2.45, 2.75) is 45.1 Å². The number of rotatable bonds is 4. The lowest BCUT2D eigenvalue weighted by atomic mass is 10.00. The van der Waals surface area contributed by atoms with Crippen molar-refractivity contribution in [1.29, 1.82) is 0 Å². The van der Waals surface area contributed by atoms with Crippen LogP contribution in [0.2, 0.25) is 0 Å². The number of aromatic nitrogens is 1. The molecule has 1 aliphatic rings. The van der Waals surface area contributed by atoms with Crippen molar-refractivity contribution in [3.8, 4) is 0 Å². The van der Waals surface area contributed by atoms with E-state index in [4.69, 9.17) is 0 Å². The fraction of sp³-hybridized carbons (Fsp3) is 0.571. The molecule has 1 heterocycles. The van der Waals surface area contributed by atoms with E-state index < -0.39 is 0 Å². The molecule has 2 rings (SSSR count). The first-order valence-electron chi connectivity index (χ1n) is 6.65. The summed E-state index contributed by atoms with van der Waals surface area (Å²) in [7, 11) is 0. The first kappa shape index (κ1) is 12.9. The summed E-state index contributed by atoms with van der Waals surface area (Å²) >= 11 is 0. The molecule has 0 spiro atoms. The maximum Gasteiger partial charge on any atom is 0.255 e. The van der Waals surface area contributed by atoms with Crippen LogP contribution in [-0.2, 0) is 0 Å². The summed E-state index contributed by atoms with van der Waals surface area (Å²) in [5.41, 5.74) is 1.44. The first-order chi connectivity index (χ1) is 8.64. The van der Waals surface area contributed by atoms with Crippen LogP contribution in [0.5, 0.6) is 0 Å². The van der Waals surface area contributed by atoms with Gasteiger partial charge in [0, 0.05) is 24.5 Å². The molecule has 0 saturated heterocycles. The lowest BCUT2D eigenvalue weighted by molar-refractivity contribution is 0.0908. The van der Waals surface area contributed by atoms with Crippen molar-refractivity contribution in [1.82, 2.24) is 10.3 Å². The van der Waals surface area contributed by atoms with Gasteiger partial charge in [-0.2, -0.15) is 0 Å². The number of carbonyl (C=O) groups excluding carboxylic acids is 1. The Hall–Kier alpha value is -1.58. The third-order valence-corrected chi connectivity index (χ3v) is 3.56. The van der Waals surface area contributed by atoms with E-state index in [1.165, 1.54) is 12.8 Å². The number of hydrogen-bond donors (Lipinski definition) is 2. The van der Waals surface area contributed by atoms with Gasteiger partial charge < -0.3 is 10.6 Å². The molecule has 4 nitrogen and oxygen atoms in total. The van der Waals surface area contributed by atoms with Gasteiger partial charge in [0.2, 0.25) is 0 Å². The van der Waals surface area contributed by atoms with Crippen molar-refractivity contribution in [3.05, 3.63) is 24.0 Å². The van der Waals surface area contributed by atoms with Crippen LogP contribution in [0.4, 0.5) is 5.69 Å². The third kappa shape index (κ3) is 2.81. The number of amides is 1. The highest BCUT2D eigenvalue weighted by Crippen LogP contribution is 2.29. The Kier molecular flexibility index (Phi) is 3.84. The van der Waals surface area contributed by atoms with Crippen molar-refractivity contribution in [2.75, 3.05) is 11.9 Å². The van der Waals surface area contributed by atoms with Crippen LogP contribution in [0.15, 0.2) is 18.5 Å². The lowest BCUT2D eigenvalue weighted by Crippen LogP contribution is -2.43. The summed E-state index contributed by atoms with van der Waals surface area (Å²) < 4.78 is 0. The molecule has 0 atom stereocenters. The van der Waals surface area contributed by atoms with E-state index in [-0.39, 0.29) is 11.4 Å². The van der Waals surface area contributed by atoms with E-state index in [1.54, 1.807) is 12.4 Å². The molecule has 98 valence electrons. The Morgan fingerprint density at radius 1 is 1.44 bits per heavy atom.